The molecule has 0 aromatic heterocycles. The number of hydrogen-bond donors (Lipinski definition) is 0. The zero-order valence-electron chi connectivity index (χ0n) is 8.82. The van der Waals surface area contributed by atoms with Crippen molar-refractivity contribution in [3.05, 3.63) is 35.4 Å². The Balaban J connectivity index is 1.85. The van der Waals surface area contributed by atoms with E-state index in [1.807, 2.05) is 12.1 Å². The van der Waals surface area contributed by atoms with Gasteiger partial charge in [-0.25, -0.2) is 0 Å². The quantitative estimate of drug-likeness (QED) is 0.676. The van der Waals surface area contributed by atoms with E-state index in [1.54, 1.807) is 0 Å². The van der Waals surface area contributed by atoms with Crippen LogP contribution in [-0.4, -0.2) is 0 Å². The van der Waals surface area contributed by atoms with Gasteiger partial charge in [0.15, 0.2) is 0 Å². The summed E-state index contributed by atoms with van der Waals surface area (Å²) in [7, 11) is 0. The zero-order chi connectivity index (χ0) is 10.3. The van der Waals surface area contributed by atoms with Crippen molar-refractivity contribution in [3.8, 4) is 6.07 Å². The number of benzene rings is 1. The molecule has 0 saturated heterocycles. The minimum Gasteiger partial charge on any atom is -0.192 e. The number of nitriles is 1. The van der Waals surface area contributed by atoms with Gasteiger partial charge in [-0.3, -0.25) is 0 Å². The van der Waals surface area contributed by atoms with Crippen LogP contribution in [0.4, 0.5) is 0 Å². The van der Waals surface area contributed by atoms with Crippen molar-refractivity contribution in [2.45, 2.75) is 31.6 Å². The molecule has 76 valence electrons. The molecule has 2 aliphatic rings. The highest BCUT2D eigenvalue weighted by atomic mass is 14.4. The van der Waals surface area contributed by atoms with Crippen molar-refractivity contribution in [3.63, 3.8) is 0 Å². The lowest BCUT2D eigenvalue weighted by atomic mass is 9.83. The van der Waals surface area contributed by atoms with Crippen molar-refractivity contribution >= 4 is 0 Å². The molecule has 3 rings (SSSR count). The Kier molecular flexibility index (Phi) is 2.02. The molecule has 3 unspecified atom stereocenters. The van der Waals surface area contributed by atoms with E-state index in [2.05, 4.69) is 18.2 Å². The second kappa shape index (κ2) is 3.38. The smallest absolute Gasteiger partial charge is 0.0991 e. The van der Waals surface area contributed by atoms with Crippen LogP contribution in [0.5, 0.6) is 0 Å². The van der Waals surface area contributed by atoms with Crippen molar-refractivity contribution < 1.29 is 0 Å². The molecule has 0 aliphatic heterocycles. The molecule has 0 amide bonds. The summed E-state index contributed by atoms with van der Waals surface area (Å²) in [5, 5.41) is 8.75. The minimum atomic E-state index is 0.780. The summed E-state index contributed by atoms with van der Waals surface area (Å²) in [6, 6.07) is 10.4. The summed E-state index contributed by atoms with van der Waals surface area (Å²) in [5.74, 6) is 2.72. The van der Waals surface area contributed by atoms with Gasteiger partial charge in [0.05, 0.1) is 11.6 Å². The van der Waals surface area contributed by atoms with Gasteiger partial charge < -0.3 is 0 Å². The van der Waals surface area contributed by atoms with Gasteiger partial charge in [0.25, 0.3) is 0 Å². The molecule has 2 fully saturated rings. The van der Waals surface area contributed by atoms with Crippen LogP contribution in [0.15, 0.2) is 24.3 Å². The fourth-order valence-electron chi connectivity index (χ4n) is 3.46. The molecule has 2 bridgehead atoms. The molecule has 1 nitrogen and oxygen atoms in total. The molecule has 0 N–H and O–H groups in total. The molecular weight excluding hydrogens is 182 g/mol. The highest BCUT2D eigenvalue weighted by Crippen LogP contribution is 2.52. The fourth-order valence-corrected chi connectivity index (χ4v) is 3.46. The summed E-state index contributed by atoms with van der Waals surface area (Å²) < 4.78 is 0. The second-order valence-electron chi connectivity index (χ2n) is 5.02. The first-order valence-electron chi connectivity index (χ1n) is 5.87. The highest BCUT2D eigenvalue weighted by Gasteiger charge is 2.39. The van der Waals surface area contributed by atoms with Crippen LogP contribution in [-0.2, 0) is 0 Å². The van der Waals surface area contributed by atoms with Crippen LogP contribution in [0.3, 0.4) is 0 Å². The maximum absolute atomic E-state index is 8.75. The molecule has 0 radical (unpaired) electrons. The number of rotatable bonds is 1. The maximum Gasteiger partial charge on any atom is 0.0991 e. The first-order valence-corrected chi connectivity index (χ1v) is 5.87. The molecular formula is C14H15N. The minimum absolute atomic E-state index is 0.780. The Morgan fingerprint density at radius 1 is 1.07 bits per heavy atom. The summed E-state index contributed by atoms with van der Waals surface area (Å²) in [6.07, 6.45) is 5.72. The standard InChI is InChI=1S/C14H15N/c15-9-10-1-4-12(5-2-10)14-8-11-3-6-13(14)7-11/h1-2,4-5,11,13-14H,3,6-8H2. The van der Waals surface area contributed by atoms with Crippen LogP contribution < -0.4 is 0 Å². The SMILES string of the molecule is N#Cc1ccc(C2CC3CCC2C3)cc1. The van der Waals surface area contributed by atoms with Crippen LogP contribution in [0.25, 0.3) is 0 Å². The van der Waals surface area contributed by atoms with Crippen LogP contribution in [0, 0.1) is 23.2 Å². The third-order valence-electron chi connectivity index (χ3n) is 4.21. The molecule has 0 spiro atoms. The third-order valence-corrected chi connectivity index (χ3v) is 4.21. The summed E-state index contributed by atoms with van der Waals surface area (Å²) in [4.78, 5) is 0. The first kappa shape index (κ1) is 8.97. The van der Waals surface area contributed by atoms with E-state index in [0.717, 1.165) is 23.3 Å². The van der Waals surface area contributed by atoms with Gasteiger partial charge in [-0.15, -0.1) is 0 Å². The van der Waals surface area contributed by atoms with Crippen molar-refractivity contribution in [2.75, 3.05) is 0 Å². The fraction of sp³-hybridized carbons (Fsp3) is 0.500. The average molecular weight is 197 g/mol. The van der Waals surface area contributed by atoms with E-state index in [9.17, 15) is 0 Å². The van der Waals surface area contributed by atoms with Crippen LogP contribution in [0.1, 0.15) is 42.7 Å². The van der Waals surface area contributed by atoms with Gasteiger partial charge in [0, 0.05) is 0 Å². The molecule has 2 aliphatic carbocycles. The van der Waals surface area contributed by atoms with Gasteiger partial charge in [0.2, 0.25) is 0 Å². The zero-order valence-corrected chi connectivity index (χ0v) is 8.82. The average Bonchev–Trinajstić information content (AvgIpc) is 2.91. The Labute approximate surface area is 90.7 Å². The number of nitrogens with zero attached hydrogens (tertiary/aromatic N) is 1. The maximum atomic E-state index is 8.75. The lowest BCUT2D eigenvalue weighted by Crippen LogP contribution is -2.08. The van der Waals surface area contributed by atoms with E-state index in [4.69, 9.17) is 5.26 Å². The lowest BCUT2D eigenvalue weighted by molar-refractivity contribution is 0.420. The normalized spacial score (nSPS) is 32.9. The topological polar surface area (TPSA) is 23.8 Å². The van der Waals surface area contributed by atoms with Gasteiger partial charge >= 0.3 is 0 Å². The Morgan fingerprint density at radius 2 is 1.87 bits per heavy atom. The molecule has 0 heterocycles. The van der Waals surface area contributed by atoms with E-state index >= 15 is 0 Å². The van der Waals surface area contributed by atoms with E-state index in [0.29, 0.717) is 0 Å². The predicted octanol–water partition coefficient (Wildman–Crippen LogP) is 3.46. The Hall–Kier alpha value is -1.29. The van der Waals surface area contributed by atoms with Gasteiger partial charge in [-0.1, -0.05) is 18.6 Å². The molecule has 1 aromatic rings. The van der Waals surface area contributed by atoms with Crippen molar-refractivity contribution in [1.82, 2.24) is 0 Å². The van der Waals surface area contributed by atoms with Gasteiger partial charge in [-0.05, 0) is 54.7 Å². The number of fused-ring (bicyclic) bond motifs is 2. The largest absolute Gasteiger partial charge is 0.192 e. The first-order chi connectivity index (χ1) is 7.36. The highest BCUT2D eigenvalue weighted by molar-refractivity contribution is 5.34. The molecule has 3 atom stereocenters. The summed E-state index contributed by atoms with van der Waals surface area (Å²) >= 11 is 0. The Morgan fingerprint density at radius 3 is 2.40 bits per heavy atom. The second-order valence-corrected chi connectivity index (χ2v) is 5.02. The van der Waals surface area contributed by atoms with Crippen LogP contribution >= 0.6 is 0 Å². The van der Waals surface area contributed by atoms with Gasteiger partial charge in [0.1, 0.15) is 0 Å². The molecule has 15 heavy (non-hydrogen) atoms. The van der Waals surface area contributed by atoms with Gasteiger partial charge in [-0.2, -0.15) is 5.26 Å². The van der Waals surface area contributed by atoms with E-state index < -0.39 is 0 Å². The lowest BCUT2D eigenvalue weighted by Gasteiger charge is -2.21. The molecule has 1 heteroatoms. The molecule has 2 saturated carbocycles. The Bertz CT molecular complexity index is 398. The van der Waals surface area contributed by atoms with Crippen LogP contribution in [0.2, 0.25) is 0 Å². The van der Waals surface area contributed by atoms with Crippen molar-refractivity contribution in [1.29, 1.82) is 5.26 Å². The predicted molar refractivity (Wildman–Crippen MR) is 59.3 cm³/mol. The van der Waals surface area contributed by atoms with E-state index in [-0.39, 0.29) is 0 Å². The monoisotopic (exact) mass is 197 g/mol. The van der Waals surface area contributed by atoms with E-state index in [1.165, 1.54) is 31.2 Å². The molecule has 1 aromatic carbocycles. The third kappa shape index (κ3) is 1.45. The number of hydrogen-bond acceptors (Lipinski definition) is 1. The summed E-state index contributed by atoms with van der Waals surface area (Å²) in [5.41, 5.74) is 2.24. The van der Waals surface area contributed by atoms with Crippen molar-refractivity contribution in [2.24, 2.45) is 11.8 Å². The summed E-state index contributed by atoms with van der Waals surface area (Å²) in [6.45, 7) is 0.